The molecule has 1 saturated carbocycles. The summed E-state index contributed by atoms with van der Waals surface area (Å²) < 4.78 is 0. The van der Waals surface area contributed by atoms with E-state index in [4.69, 9.17) is 0 Å². The lowest BCUT2D eigenvalue weighted by Gasteiger charge is -2.34. The van der Waals surface area contributed by atoms with Gasteiger partial charge in [-0.1, -0.05) is 31.0 Å². The molecule has 6 nitrogen and oxygen atoms in total. The number of carbonyl (C=O) groups excluding carboxylic acids is 1. The maximum absolute atomic E-state index is 13.1. The van der Waals surface area contributed by atoms with Gasteiger partial charge in [-0.15, -0.1) is 0 Å². The average molecular weight is 502 g/mol. The number of anilines is 2. The summed E-state index contributed by atoms with van der Waals surface area (Å²) in [6.07, 6.45) is 1.81. The highest BCUT2D eigenvalue weighted by Gasteiger charge is 2.65. The third-order valence-corrected chi connectivity index (χ3v) is 8.64. The summed E-state index contributed by atoms with van der Waals surface area (Å²) in [6, 6.07) is 21.3. The van der Waals surface area contributed by atoms with Crippen LogP contribution < -0.4 is 10.2 Å². The number of aryl methyl sites for hydroxylation is 1. The molecule has 38 heavy (non-hydrogen) atoms. The number of hydrogen-bond donors (Lipinski definition) is 2. The molecule has 1 saturated heterocycles. The first kappa shape index (κ1) is 23.1. The van der Waals surface area contributed by atoms with Gasteiger partial charge in [0.05, 0.1) is 10.9 Å². The highest BCUT2D eigenvalue weighted by molar-refractivity contribution is 6.10. The van der Waals surface area contributed by atoms with Crippen molar-refractivity contribution >= 4 is 28.2 Å². The minimum atomic E-state index is -0.437. The number of aromatic nitrogens is 2. The van der Waals surface area contributed by atoms with E-state index in [2.05, 4.69) is 112 Å². The highest BCUT2D eigenvalue weighted by atomic mass is 16.2. The molecule has 2 aliphatic heterocycles. The number of rotatable bonds is 3. The molecule has 6 heteroatoms. The van der Waals surface area contributed by atoms with Gasteiger partial charge in [-0.3, -0.25) is 9.89 Å². The fourth-order valence-electron chi connectivity index (χ4n) is 6.16. The third kappa shape index (κ3) is 3.69. The maximum Gasteiger partial charge on any atom is 0.235 e. The van der Waals surface area contributed by atoms with Crippen LogP contribution in [-0.2, 0) is 16.6 Å². The van der Waals surface area contributed by atoms with Crippen molar-refractivity contribution in [2.24, 2.45) is 0 Å². The number of nitrogens with one attached hydrogen (secondary N) is 2. The number of nitrogens with zero attached hydrogens (tertiary/aromatic N) is 3. The topological polar surface area (TPSA) is 64.3 Å². The summed E-state index contributed by atoms with van der Waals surface area (Å²) in [5, 5.41) is 11.8. The first-order valence-corrected chi connectivity index (χ1v) is 13.5. The van der Waals surface area contributed by atoms with Crippen LogP contribution in [0.5, 0.6) is 0 Å². The monoisotopic (exact) mass is 501 g/mol. The molecule has 2 fully saturated rings. The Bertz CT molecular complexity index is 1620. The van der Waals surface area contributed by atoms with Gasteiger partial charge in [-0.2, -0.15) is 5.10 Å². The van der Waals surface area contributed by atoms with Gasteiger partial charge in [0.25, 0.3) is 0 Å². The second kappa shape index (κ2) is 8.75. The molecule has 1 aliphatic carbocycles. The largest absolute Gasteiger partial charge is 0.369 e. The van der Waals surface area contributed by atoms with Crippen LogP contribution in [0, 0.1) is 11.8 Å². The Morgan fingerprint density at radius 3 is 2.61 bits per heavy atom. The van der Waals surface area contributed by atoms with Crippen molar-refractivity contribution in [2.45, 2.75) is 31.1 Å². The van der Waals surface area contributed by atoms with Gasteiger partial charge in [0, 0.05) is 54.4 Å². The number of likely N-dealkylation sites (N-methyl/N-ethyl adjacent to an activating group) is 1. The molecule has 2 atom stereocenters. The van der Waals surface area contributed by atoms with E-state index in [0.717, 1.165) is 72.4 Å². The number of piperazine rings is 1. The second-order valence-corrected chi connectivity index (χ2v) is 10.9. The quantitative estimate of drug-likeness (QED) is 0.401. The summed E-state index contributed by atoms with van der Waals surface area (Å²) in [4.78, 5) is 17.8. The van der Waals surface area contributed by atoms with E-state index in [-0.39, 0.29) is 11.8 Å². The van der Waals surface area contributed by atoms with Crippen molar-refractivity contribution < 1.29 is 4.79 Å². The number of benzene rings is 3. The number of carbonyl (C=O) groups is 1. The van der Waals surface area contributed by atoms with Crippen LogP contribution in [0.1, 0.15) is 47.2 Å². The number of aromatic amines is 1. The second-order valence-electron chi connectivity index (χ2n) is 10.9. The first-order valence-electron chi connectivity index (χ1n) is 13.5. The van der Waals surface area contributed by atoms with Gasteiger partial charge in [0.1, 0.15) is 5.69 Å². The highest BCUT2D eigenvalue weighted by Crippen LogP contribution is 2.65. The van der Waals surface area contributed by atoms with E-state index in [1.165, 1.54) is 16.8 Å². The molecule has 2 N–H and O–H groups in total. The van der Waals surface area contributed by atoms with Gasteiger partial charge in [-0.05, 0) is 85.0 Å². The van der Waals surface area contributed by atoms with E-state index in [1.54, 1.807) is 0 Å². The zero-order chi connectivity index (χ0) is 25.9. The SMILES string of the molecule is CCc1ccc2c(c1)[C@]1(CC1c1ccc3c(C#Cc4ccc(N5CCN(C)CC5)cc4)n[nH]c3c1)C(=O)N2. The van der Waals surface area contributed by atoms with Gasteiger partial charge in [0.15, 0.2) is 0 Å². The maximum atomic E-state index is 13.1. The predicted molar refractivity (Wildman–Crippen MR) is 152 cm³/mol. The van der Waals surface area contributed by atoms with E-state index in [0.29, 0.717) is 0 Å². The summed E-state index contributed by atoms with van der Waals surface area (Å²) in [5.41, 5.74) is 8.06. The minimum Gasteiger partial charge on any atom is -0.369 e. The summed E-state index contributed by atoms with van der Waals surface area (Å²) >= 11 is 0. The van der Waals surface area contributed by atoms with E-state index >= 15 is 0 Å². The molecule has 1 amide bonds. The van der Waals surface area contributed by atoms with Gasteiger partial charge in [0.2, 0.25) is 5.91 Å². The average Bonchev–Trinajstić information content (AvgIpc) is 3.49. The fraction of sp³-hybridized carbons (Fsp3) is 0.312. The lowest BCUT2D eigenvalue weighted by molar-refractivity contribution is -0.118. The number of fused-ring (bicyclic) bond motifs is 3. The van der Waals surface area contributed by atoms with Gasteiger partial charge < -0.3 is 15.1 Å². The Labute approximate surface area is 223 Å². The van der Waals surface area contributed by atoms with E-state index in [9.17, 15) is 4.79 Å². The molecule has 1 spiro atoms. The standard InChI is InChI=1S/C32H31N5O/c1-3-21-6-13-29-26(18-21)32(31(38)33-29)20-27(32)23-8-11-25-28(34-35-30(25)19-23)12-7-22-4-9-24(10-5-22)37-16-14-36(2)15-17-37/h4-6,8-11,13,18-19,27H,3,14-17,20H2,1-2H3,(H,33,38)(H,34,35)/t27?,32-/m0/s1. The molecular weight excluding hydrogens is 470 g/mol. The van der Waals surface area contributed by atoms with Crippen LogP contribution in [0.15, 0.2) is 60.7 Å². The van der Waals surface area contributed by atoms with Crippen molar-refractivity contribution in [3.63, 3.8) is 0 Å². The molecule has 3 heterocycles. The Hall–Kier alpha value is -4.08. The van der Waals surface area contributed by atoms with Gasteiger partial charge >= 0.3 is 0 Å². The number of H-pyrrole nitrogens is 1. The van der Waals surface area contributed by atoms with Gasteiger partial charge in [-0.25, -0.2) is 0 Å². The van der Waals surface area contributed by atoms with Crippen molar-refractivity contribution in [3.8, 4) is 11.8 Å². The summed E-state index contributed by atoms with van der Waals surface area (Å²) in [6.45, 7) is 6.46. The molecule has 3 aliphatic rings. The Morgan fingerprint density at radius 1 is 1.00 bits per heavy atom. The number of hydrogen-bond acceptors (Lipinski definition) is 4. The molecule has 1 unspecified atom stereocenters. The fourth-order valence-corrected chi connectivity index (χ4v) is 6.16. The van der Waals surface area contributed by atoms with E-state index < -0.39 is 5.41 Å². The Balaban J connectivity index is 1.11. The molecule has 7 rings (SSSR count). The smallest absolute Gasteiger partial charge is 0.235 e. The summed E-state index contributed by atoms with van der Waals surface area (Å²) in [5.74, 6) is 6.84. The molecule has 190 valence electrons. The van der Waals surface area contributed by atoms with Crippen molar-refractivity contribution in [3.05, 3.63) is 88.6 Å². The predicted octanol–water partition coefficient (Wildman–Crippen LogP) is 4.65. The Kier molecular flexibility index (Phi) is 5.31. The Morgan fingerprint density at radius 2 is 1.82 bits per heavy atom. The van der Waals surface area contributed by atoms with Crippen molar-refractivity contribution in [1.29, 1.82) is 0 Å². The molecule has 1 aromatic heterocycles. The molecule has 0 bridgehead atoms. The van der Waals surface area contributed by atoms with Crippen molar-refractivity contribution in [1.82, 2.24) is 15.1 Å². The first-order chi connectivity index (χ1) is 18.5. The van der Waals surface area contributed by atoms with Crippen LogP contribution in [0.4, 0.5) is 11.4 Å². The van der Waals surface area contributed by atoms with Crippen LogP contribution in [-0.4, -0.2) is 54.2 Å². The van der Waals surface area contributed by atoms with Crippen molar-refractivity contribution in [2.75, 3.05) is 43.4 Å². The van der Waals surface area contributed by atoms with Crippen LogP contribution >= 0.6 is 0 Å². The molecule has 3 aromatic carbocycles. The van der Waals surface area contributed by atoms with Crippen LogP contribution in [0.3, 0.4) is 0 Å². The lowest BCUT2D eigenvalue weighted by Crippen LogP contribution is -2.44. The molecule has 0 radical (unpaired) electrons. The van der Waals surface area contributed by atoms with Crippen LogP contribution in [0.25, 0.3) is 10.9 Å². The van der Waals surface area contributed by atoms with E-state index in [1.807, 2.05) is 0 Å². The number of amides is 1. The zero-order valence-electron chi connectivity index (χ0n) is 21.8. The normalized spacial score (nSPS) is 22.3. The summed E-state index contributed by atoms with van der Waals surface area (Å²) in [7, 11) is 2.17. The zero-order valence-corrected chi connectivity index (χ0v) is 21.8. The lowest BCUT2D eigenvalue weighted by atomic mass is 9.90. The molecular formula is C32H31N5O. The third-order valence-electron chi connectivity index (χ3n) is 8.64. The minimum absolute atomic E-state index is 0.126. The molecule has 4 aromatic rings. The van der Waals surface area contributed by atoms with Crippen LogP contribution in [0.2, 0.25) is 0 Å².